The molecule has 1 atom stereocenters. The molecule has 0 aromatic heterocycles. The van der Waals surface area contributed by atoms with Crippen molar-refractivity contribution in [3.8, 4) is 0 Å². The van der Waals surface area contributed by atoms with Gasteiger partial charge in [0.15, 0.2) is 0 Å². The lowest BCUT2D eigenvalue weighted by Crippen LogP contribution is -2.44. The zero-order valence-electron chi connectivity index (χ0n) is 8.17. The third-order valence-corrected chi connectivity index (χ3v) is 3.30. The molecule has 2 aliphatic rings. The highest BCUT2D eigenvalue weighted by Crippen LogP contribution is 2.27. The van der Waals surface area contributed by atoms with Gasteiger partial charge in [-0.05, 0) is 31.6 Å². The van der Waals surface area contributed by atoms with Gasteiger partial charge in [0.05, 0.1) is 12.7 Å². The second kappa shape index (κ2) is 4.40. The first-order valence-corrected chi connectivity index (χ1v) is 5.44. The van der Waals surface area contributed by atoms with E-state index in [1.54, 1.807) is 0 Å². The van der Waals surface area contributed by atoms with E-state index >= 15 is 0 Å². The molecule has 3 nitrogen and oxygen atoms in total. The molecule has 0 aromatic rings. The molecule has 13 heavy (non-hydrogen) atoms. The van der Waals surface area contributed by atoms with Gasteiger partial charge in [-0.15, -0.1) is 0 Å². The highest BCUT2D eigenvalue weighted by Gasteiger charge is 2.27. The van der Waals surface area contributed by atoms with Gasteiger partial charge in [0.25, 0.3) is 0 Å². The van der Waals surface area contributed by atoms with E-state index in [2.05, 4.69) is 5.32 Å². The summed E-state index contributed by atoms with van der Waals surface area (Å²) in [5, 5.41) is 3.39. The Labute approximate surface area is 80.0 Å². The van der Waals surface area contributed by atoms with E-state index in [1.165, 1.54) is 25.7 Å². The number of nitrogens with two attached hydrogens (primary N) is 1. The maximum absolute atomic E-state index is 5.87. The van der Waals surface area contributed by atoms with Gasteiger partial charge in [-0.3, -0.25) is 0 Å². The molecular weight excluding hydrogens is 164 g/mol. The lowest BCUT2D eigenvalue weighted by molar-refractivity contribution is -0.0202. The summed E-state index contributed by atoms with van der Waals surface area (Å²) in [6, 6.07) is 0.452. The fourth-order valence-electron chi connectivity index (χ4n) is 2.41. The van der Waals surface area contributed by atoms with Crippen molar-refractivity contribution in [1.82, 2.24) is 5.32 Å². The summed E-state index contributed by atoms with van der Waals surface area (Å²) >= 11 is 0. The van der Waals surface area contributed by atoms with Gasteiger partial charge in [0, 0.05) is 19.1 Å². The second-order valence-electron chi connectivity index (χ2n) is 4.29. The average molecular weight is 184 g/mol. The standard InChI is InChI=1S/C10H20N2O/c11-9-3-1-8(2-4-9)10-7-12-5-6-13-10/h8-10,12H,1-7,11H2. The number of nitrogens with one attached hydrogen (secondary N) is 1. The first-order valence-electron chi connectivity index (χ1n) is 5.44. The number of ether oxygens (including phenoxy) is 1. The van der Waals surface area contributed by atoms with Crippen molar-refractivity contribution in [2.45, 2.75) is 37.8 Å². The maximum atomic E-state index is 5.87. The van der Waals surface area contributed by atoms with Crippen LogP contribution in [0.25, 0.3) is 0 Å². The summed E-state index contributed by atoms with van der Waals surface area (Å²) in [7, 11) is 0. The number of rotatable bonds is 1. The quantitative estimate of drug-likeness (QED) is 0.623. The molecule has 1 unspecified atom stereocenters. The van der Waals surface area contributed by atoms with Crippen molar-refractivity contribution in [1.29, 1.82) is 0 Å². The van der Waals surface area contributed by atoms with E-state index in [0.717, 1.165) is 25.6 Å². The van der Waals surface area contributed by atoms with Crippen molar-refractivity contribution in [2.24, 2.45) is 11.7 Å². The summed E-state index contributed by atoms with van der Waals surface area (Å²) in [5.74, 6) is 0.757. The minimum Gasteiger partial charge on any atom is -0.375 e. The van der Waals surface area contributed by atoms with E-state index in [0.29, 0.717) is 12.1 Å². The SMILES string of the molecule is NC1CCC(C2CNCCO2)CC1. The summed E-state index contributed by atoms with van der Waals surface area (Å²) in [6.45, 7) is 2.94. The van der Waals surface area contributed by atoms with E-state index < -0.39 is 0 Å². The molecule has 0 aromatic carbocycles. The van der Waals surface area contributed by atoms with E-state index in [9.17, 15) is 0 Å². The molecule has 0 bridgehead atoms. The molecule has 2 rings (SSSR count). The fourth-order valence-corrected chi connectivity index (χ4v) is 2.41. The Kier molecular flexibility index (Phi) is 3.19. The van der Waals surface area contributed by atoms with E-state index in [-0.39, 0.29) is 0 Å². The van der Waals surface area contributed by atoms with Crippen LogP contribution >= 0.6 is 0 Å². The van der Waals surface area contributed by atoms with Crippen LogP contribution in [0.1, 0.15) is 25.7 Å². The lowest BCUT2D eigenvalue weighted by Gasteiger charge is -2.34. The highest BCUT2D eigenvalue weighted by molar-refractivity contribution is 4.82. The molecule has 76 valence electrons. The lowest BCUT2D eigenvalue weighted by atomic mass is 9.82. The molecule has 2 fully saturated rings. The van der Waals surface area contributed by atoms with E-state index in [4.69, 9.17) is 10.5 Å². The molecule has 1 saturated carbocycles. The molecule has 1 heterocycles. The van der Waals surface area contributed by atoms with Gasteiger partial charge < -0.3 is 15.8 Å². The largest absolute Gasteiger partial charge is 0.375 e. The first-order chi connectivity index (χ1) is 6.36. The van der Waals surface area contributed by atoms with Crippen LogP contribution in [-0.4, -0.2) is 31.8 Å². The number of hydrogen-bond donors (Lipinski definition) is 2. The number of hydrogen-bond acceptors (Lipinski definition) is 3. The molecule has 0 radical (unpaired) electrons. The predicted octanol–water partition coefficient (Wildman–Crippen LogP) is 0.492. The smallest absolute Gasteiger partial charge is 0.0728 e. The van der Waals surface area contributed by atoms with Crippen LogP contribution in [0.5, 0.6) is 0 Å². The van der Waals surface area contributed by atoms with Gasteiger partial charge in [-0.1, -0.05) is 0 Å². The summed E-state index contributed by atoms with van der Waals surface area (Å²) in [5.41, 5.74) is 5.87. The monoisotopic (exact) mass is 184 g/mol. The molecule has 0 spiro atoms. The Balaban J connectivity index is 1.79. The topological polar surface area (TPSA) is 47.3 Å². The fraction of sp³-hybridized carbons (Fsp3) is 1.00. The molecule has 1 aliphatic carbocycles. The van der Waals surface area contributed by atoms with Gasteiger partial charge in [-0.25, -0.2) is 0 Å². The normalized spacial score (nSPS) is 41.8. The van der Waals surface area contributed by atoms with Crippen LogP contribution in [0.15, 0.2) is 0 Å². The zero-order valence-corrected chi connectivity index (χ0v) is 8.17. The molecule has 1 aliphatic heterocycles. The Bertz CT molecular complexity index is 149. The Morgan fingerprint density at radius 1 is 1.15 bits per heavy atom. The van der Waals surface area contributed by atoms with Crippen molar-refractivity contribution in [3.63, 3.8) is 0 Å². The molecule has 3 heteroatoms. The summed E-state index contributed by atoms with van der Waals surface area (Å²) < 4.78 is 5.75. The molecule has 1 saturated heterocycles. The minimum absolute atomic E-state index is 0.452. The van der Waals surface area contributed by atoms with Gasteiger partial charge >= 0.3 is 0 Å². The third-order valence-electron chi connectivity index (χ3n) is 3.30. The summed E-state index contributed by atoms with van der Waals surface area (Å²) in [4.78, 5) is 0. The summed E-state index contributed by atoms with van der Waals surface area (Å²) in [6.07, 6.45) is 5.34. The first kappa shape index (κ1) is 9.44. The minimum atomic E-state index is 0.452. The van der Waals surface area contributed by atoms with Crippen LogP contribution in [-0.2, 0) is 4.74 Å². The van der Waals surface area contributed by atoms with Gasteiger partial charge in [0.2, 0.25) is 0 Å². The maximum Gasteiger partial charge on any atom is 0.0728 e. The second-order valence-corrected chi connectivity index (χ2v) is 4.29. The van der Waals surface area contributed by atoms with Crippen molar-refractivity contribution in [2.75, 3.05) is 19.7 Å². The Hall–Kier alpha value is -0.120. The van der Waals surface area contributed by atoms with Gasteiger partial charge in [-0.2, -0.15) is 0 Å². The molecule has 3 N–H and O–H groups in total. The zero-order chi connectivity index (χ0) is 9.10. The average Bonchev–Trinajstić information content (AvgIpc) is 2.20. The Morgan fingerprint density at radius 2 is 1.92 bits per heavy atom. The van der Waals surface area contributed by atoms with Crippen LogP contribution in [0.3, 0.4) is 0 Å². The highest BCUT2D eigenvalue weighted by atomic mass is 16.5. The van der Waals surface area contributed by atoms with Crippen molar-refractivity contribution in [3.05, 3.63) is 0 Å². The van der Waals surface area contributed by atoms with Crippen molar-refractivity contribution >= 4 is 0 Å². The van der Waals surface area contributed by atoms with Crippen LogP contribution in [0.2, 0.25) is 0 Å². The third kappa shape index (κ3) is 2.42. The molecule has 0 amide bonds. The van der Waals surface area contributed by atoms with E-state index in [1.807, 2.05) is 0 Å². The Morgan fingerprint density at radius 3 is 2.54 bits per heavy atom. The number of morpholine rings is 1. The van der Waals surface area contributed by atoms with Crippen LogP contribution in [0, 0.1) is 5.92 Å². The molecular formula is C10H20N2O. The predicted molar refractivity (Wildman–Crippen MR) is 52.5 cm³/mol. The van der Waals surface area contributed by atoms with Gasteiger partial charge in [0.1, 0.15) is 0 Å². The van der Waals surface area contributed by atoms with Crippen molar-refractivity contribution < 1.29 is 4.74 Å². The van der Waals surface area contributed by atoms with Crippen LogP contribution < -0.4 is 11.1 Å². The van der Waals surface area contributed by atoms with Crippen LogP contribution in [0.4, 0.5) is 0 Å².